The Labute approximate surface area is 147 Å². The highest BCUT2D eigenvalue weighted by atomic mass is 35.5. The third kappa shape index (κ3) is 3.32. The number of nitrogens with one attached hydrogen (secondary N) is 1. The van der Waals surface area contributed by atoms with Gasteiger partial charge in [-0.05, 0) is 29.8 Å². The molecular formula is C18H14ClNO3S. The van der Waals surface area contributed by atoms with Crippen LogP contribution in [0.5, 0.6) is 0 Å². The van der Waals surface area contributed by atoms with Gasteiger partial charge in [-0.2, -0.15) is 0 Å². The highest BCUT2D eigenvalue weighted by Crippen LogP contribution is 2.26. The van der Waals surface area contributed by atoms with Crippen molar-refractivity contribution in [3.8, 4) is 0 Å². The van der Waals surface area contributed by atoms with Crippen molar-refractivity contribution in [1.82, 2.24) is 4.98 Å². The molecule has 1 N–H and O–H groups in total. The van der Waals surface area contributed by atoms with Gasteiger partial charge in [-0.15, -0.1) is 11.8 Å². The summed E-state index contributed by atoms with van der Waals surface area (Å²) in [4.78, 5) is 27.9. The molecule has 0 amide bonds. The van der Waals surface area contributed by atoms with Crippen molar-refractivity contribution >= 4 is 40.2 Å². The van der Waals surface area contributed by atoms with Gasteiger partial charge in [0.2, 0.25) is 5.43 Å². The number of hydrogen-bond donors (Lipinski definition) is 1. The van der Waals surface area contributed by atoms with Gasteiger partial charge in [0.1, 0.15) is 5.56 Å². The van der Waals surface area contributed by atoms with Gasteiger partial charge in [-0.3, -0.25) is 4.79 Å². The summed E-state index contributed by atoms with van der Waals surface area (Å²) in [6.45, 7) is 0. The van der Waals surface area contributed by atoms with Gasteiger partial charge < -0.3 is 9.72 Å². The summed E-state index contributed by atoms with van der Waals surface area (Å²) in [7, 11) is 1.27. The molecule has 3 aromatic rings. The summed E-state index contributed by atoms with van der Waals surface area (Å²) in [6.07, 6.45) is 0. The number of carbonyl (C=O) groups is 1. The van der Waals surface area contributed by atoms with Gasteiger partial charge in [0.15, 0.2) is 0 Å². The van der Waals surface area contributed by atoms with Crippen LogP contribution in [0.15, 0.2) is 58.4 Å². The minimum Gasteiger partial charge on any atom is -0.465 e. The second-order valence-corrected chi connectivity index (χ2v) is 6.53. The van der Waals surface area contributed by atoms with Crippen LogP contribution in [0.25, 0.3) is 10.9 Å². The molecule has 0 bridgehead atoms. The topological polar surface area (TPSA) is 59.2 Å². The van der Waals surface area contributed by atoms with Gasteiger partial charge in [-0.1, -0.05) is 35.9 Å². The number of hydrogen-bond acceptors (Lipinski definition) is 4. The first-order valence-electron chi connectivity index (χ1n) is 7.20. The smallest absolute Gasteiger partial charge is 0.344 e. The minimum atomic E-state index is -0.638. The number of esters is 1. The van der Waals surface area contributed by atoms with E-state index in [2.05, 4.69) is 4.98 Å². The van der Waals surface area contributed by atoms with Crippen LogP contribution < -0.4 is 5.43 Å². The third-order valence-electron chi connectivity index (χ3n) is 3.56. The van der Waals surface area contributed by atoms with Crippen molar-refractivity contribution in [3.63, 3.8) is 0 Å². The minimum absolute atomic E-state index is 0.0372. The summed E-state index contributed by atoms with van der Waals surface area (Å²) in [6, 6.07) is 14.5. The third-order valence-corrected chi connectivity index (χ3v) is 4.88. The summed E-state index contributed by atoms with van der Waals surface area (Å²) in [5.74, 6) is -0.0456. The number of ether oxygens (including phenoxy) is 1. The lowest BCUT2D eigenvalue weighted by Crippen LogP contribution is -2.19. The molecule has 1 aromatic heterocycles. The molecular weight excluding hydrogens is 346 g/mol. The number of rotatable bonds is 4. The molecule has 0 aliphatic carbocycles. The van der Waals surface area contributed by atoms with Crippen molar-refractivity contribution < 1.29 is 9.53 Å². The van der Waals surface area contributed by atoms with Gasteiger partial charge in [0, 0.05) is 16.2 Å². The fourth-order valence-electron chi connectivity index (χ4n) is 2.34. The van der Waals surface area contributed by atoms with Crippen molar-refractivity contribution in [1.29, 1.82) is 0 Å². The van der Waals surface area contributed by atoms with Crippen LogP contribution in [0.4, 0.5) is 0 Å². The van der Waals surface area contributed by atoms with Crippen molar-refractivity contribution in [3.05, 3.63) is 74.9 Å². The Bertz CT molecular complexity index is 951. The lowest BCUT2D eigenvalue weighted by Gasteiger charge is -2.10. The van der Waals surface area contributed by atoms with E-state index >= 15 is 0 Å². The Hall–Kier alpha value is -2.24. The normalized spacial score (nSPS) is 10.8. The number of halogens is 1. The molecule has 0 aliphatic rings. The zero-order valence-electron chi connectivity index (χ0n) is 12.8. The van der Waals surface area contributed by atoms with Crippen LogP contribution in [-0.2, 0) is 10.5 Å². The average molecular weight is 360 g/mol. The molecule has 122 valence electrons. The van der Waals surface area contributed by atoms with Crippen LogP contribution in [0, 0.1) is 0 Å². The van der Waals surface area contributed by atoms with E-state index in [9.17, 15) is 9.59 Å². The van der Waals surface area contributed by atoms with Crippen molar-refractivity contribution in [2.24, 2.45) is 0 Å². The summed E-state index contributed by atoms with van der Waals surface area (Å²) < 4.78 is 4.78. The summed E-state index contributed by atoms with van der Waals surface area (Å²) in [5, 5.41) is 1.63. The molecule has 0 unspecified atom stereocenters. The highest BCUT2D eigenvalue weighted by Gasteiger charge is 2.20. The summed E-state index contributed by atoms with van der Waals surface area (Å²) >= 11 is 7.26. The van der Waals surface area contributed by atoms with Gasteiger partial charge in [0.05, 0.1) is 17.7 Å². The average Bonchev–Trinajstić information content (AvgIpc) is 2.61. The Balaban J connectivity index is 2.03. The van der Waals surface area contributed by atoms with Crippen molar-refractivity contribution in [2.45, 2.75) is 10.8 Å². The lowest BCUT2D eigenvalue weighted by molar-refractivity contribution is 0.0594. The van der Waals surface area contributed by atoms with Crippen LogP contribution in [0.1, 0.15) is 15.9 Å². The molecule has 3 rings (SSSR count). The van der Waals surface area contributed by atoms with E-state index in [0.29, 0.717) is 26.7 Å². The maximum Gasteiger partial charge on any atom is 0.344 e. The van der Waals surface area contributed by atoms with Crippen LogP contribution in [0.3, 0.4) is 0 Å². The maximum absolute atomic E-state index is 12.7. The Morgan fingerprint density at radius 2 is 1.88 bits per heavy atom. The number of para-hydroxylation sites is 1. The first-order valence-corrected chi connectivity index (χ1v) is 8.57. The van der Waals surface area contributed by atoms with E-state index in [1.54, 1.807) is 12.1 Å². The number of aromatic nitrogens is 1. The van der Waals surface area contributed by atoms with Crippen LogP contribution >= 0.6 is 23.4 Å². The SMILES string of the molecule is COC(=O)c1c(SCc2ccc(Cl)cc2)[nH]c2ccccc2c1=O. The molecule has 0 spiro atoms. The predicted molar refractivity (Wildman–Crippen MR) is 96.9 cm³/mol. The first-order chi connectivity index (χ1) is 11.6. The van der Waals surface area contributed by atoms with E-state index in [-0.39, 0.29) is 11.0 Å². The molecule has 4 nitrogen and oxygen atoms in total. The van der Waals surface area contributed by atoms with E-state index < -0.39 is 5.97 Å². The molecule has 1 heterocycles. The monoisotopic (exact) mass is 359 g/mol. The second-order valence-electron chi connectivity index (χ2n) is 5.11. The fourth-order valence-corrected chi connectivity index (χ4v) is 3.48. The summed E-state index contributed by atoms with van der Waals surface area (Å²) in [5.41, 5.74) is 1.44. The standard InChI is InChI=1S/C18H14ClNO3S/c1-23-18(22)15-16(21)13-4-2-3-5-14(13)20-17(15)24-10-11-6-8-12(19)9-7-11/h2-9H,10H2,1H3,(H,20,21). The number of H-pyrrole nitrogens is 1. The fraction of sp³-hybridized carbons (Fsp3) is 0.111. The molecule has 0 saturated heterocycles. The number of aromatic amines is 1. The van der Waals surface area contributed by atoms with Crippen LogP contribution in [0.2, 0.25) is 5.02 Å². The highest BCUT2D eigenvalue weighted by molar-refractivity contribution is 7.98. The molecule has 0 radical (unpaired) electrons. The quantitative estimate of drug-likeness (QED) is 0.558. The van der Waals surface area contributed by atoms with Gasteiger partial charge in [0.25, 0.3) is 0 Å². The Kier molecular flexibility index (Phi) is 4.92. The molecule has 0 atom stereocenters. The number of thioether (sulfide) groups is 1. The number of carbonyl (C=O) groups excluding carboxylic acids is 1. The predicted octanol–water partition coefficient (Wildman–Crippen LogP) is 4.26. The Morgan fingerprint density at radius 1 is 1.17 bits per heavy atom. The zero-order valence-corrected chi connectivity index (χ0v) is 14.4. The number of fused-ring (bicyclic) bond motifs is 1. The van der Waals surface area contributed by atoms with E-state index in [4.69, 9.17) is 16.3 Å². The number of methoxy groups -OCH3 is 1. The van der Waals surface area contributed by atoms with Crippen LogP contribution in [-0.4, -0.2) is 18.1 Å². The molecule has 2 aromatic carbocycles. The van der Waals surface area contributed by atoms with E-state index in [0.717, 1.165) is 5.56 Å². The molecule has 0 fully saturated rings. The second kappa shape index (κ2) is 7.11. The Morgan fingerprint density at radius 3 is 2.58 bits per heavy atom. The van der Waals surface area contributed by atoms with Gasteiger partial charge >= 0.3 is 5.97 Å². The lowest BCUT2D eigenvalue weighted by atomic mass is 10.1. The first kappa shape index (κ1) is 16.6. The zero-order chi connectivity index (χ0) is 17.1. The van der Waals surface area contributed by atoms with Gasteiger partial charge in [-0.25, -0.2) is 4.79 Å². The molecule has 6 heteroatoms. The molecule has 0 saturated carbocycles. The number of benzene rings is 2. The van der Waals surface area contributed by atoms with E-state index in [1.807, 2.05) is 36.4 Å². The maximum atomic E-state index is 12.7. The molecule has 0 aliphatic heterocycles. The largest absolute Gasteiger partial charge is 0.465 e. The van der Waals surface area contributed by atoms with E-state index in [1.165, 1.54) is 18.9 Å². The number of pyridine rings is 1. The molecule has 24 heavy (non-hydrogen) atoms. The van der Waals surface area contributed by atoms with Crippen molar-refractivity contribution in [2.75, 3.05) is 7.11 Å².